The average molecular weight is 379 g/mol. The number of aromatic amines is 1. The first-order chi connectivity index (χ1) is 12.8. The fraction of sp³-hybridized carbons (Fsp3) is 0.143. The standard InChI is InChI=1S/C21H18N2OS2/c24-19-18-17(16-11-5-2-6-12-16)14-26-20(18)23-21(22-19)25-13-7-10-15-8-3-1-4-9-15/h1-6,8-9,11-12,14H,7,10,13H2,(H,22,23,24). The number of hydrogen-bond donors (Lipinski definition) is 1. The van der Waals surface area contributed by atoms with Gasteiger partial charge in [0.05, 0.1) is 5.39 Å². The molecule has 0 amide bonds. The van der Waals surface area contributed by atoms with Crippen LogP contribution in [0.4, 0.5) is 0 Å². The Balaban J connectivity index is 1.49. The molecule has 0 aliphatic carbocycles. The molecule has 0 fully saturated rings. The Kier molecular flexibility index (Phi) is 5.18. The van der Waals surface area contributed by atoms with Gasteiger partial charge < -0.3 is 4.98 Å². The molecule has 0 saturated heterocycles. The SMILES string of the molecule is O=c1[nH]c(SCCCc2ccccc2)nc2scc(-c3ccccc3)c12. The molecular weight excluding hydrogens is 360 g/mol. The summed E-state index contributed by atoms with van der Waals surface area (Å²) in [5.74, 6) is 0.931. The molecule has 3 nitrogen and oxygen atoms in total. The maximum absolute atomic E-state index is 12.6. The Morgan fingerprint density at radius 1 is 1.00 bits per heavy atom. The van der Waals surface area contributed by atoms with E-state index in [9.17, 15) is 4.79 Å². The van der Waals surface area contributed by atoms with E-state index in [1.54, 1.807) is 11.8 Å². The van der Waals surface area contributed by atoms with Gasteiger partial charge in [-0.05, 0) is 24.0 Å². The van der Waals surface area contributed by atoms with Crippen molar-refractivity contribution in [3.05, 3.63) is 82.0 Å². The predicted octanol–water partition coefficient (Wildman–Crippen LogP) is 5.38. The van der Waals surface area contributed by atoms with E-state index in [4.69, 9.17) is 0 Å². The maximum atomic E-state index is 12.6. The fourth-order valence-corrected chi connectivity index (χ4v) is 4.73. The van der Waals surface area contributed by atoms with E-state index in [1.165, 1.54) is 16.9 Å². The van der Waals surface area contributed by atoms with E-state index < -0.39 is 0 Å². The first kappa shape index (κ1) is 17.1. The molecule has 2 heterocycles. The van der Waals surface area contributed by atoms with Gasteiger partial charge in [-0.3, -0.25) is 4.79 Å². The molecule has 0 saturated carbocycles. The second kappa shape index (κ2) is 7.89. The number of aryl methyl sites for hydroxylation is 1. The smallest absolute Gasteiger partial charge is 0.260 e. The molecule has 130 valence electrons. The van der Waals surface area contributed by atoms with Crippen molar-refractivity contribution >= 4 is 33.3 Å². The van der Waals surface area contributed by atoms with Crippen molar-refractivity contribution in [2.24, 2.45) is 0 Å². The van der Waals surface area contributed by atoms with Crippen LogP contribution in [0.25, 0.3) is 21.3 Å². The normalized spacial score (nSPS) is 11.1. The largest absolute Gasteiger partial charge is 0.301 e. The highest BCUT2D eigenvalue weighted by molar-refractivity contribution is 7.99. The third-order valence-corrected chi connectivity index (χ3v) is 6.03. The summed E-state index contributed by atoms with van der Waals surface area (Å²) in [6, 6.07) is 20.4. The number of nitrogens with one attached hydrogen (secondary N) is 1. The van der Waals surface area contributed by atoms with E-state index in [2.05, 4.69) is 34.2 Å². The van der Waals surface area contributed by atoms with Crippen molar-refractivity contribution in [1.29, 1.82) is 0 Å². The first-order valence-corrected chi connectivity index (χ1v) is 10.4. The van der Waals surface area contributed by atoms with Crippen LogP contribution in [-0.4, -0.2) is 15.7 Å². The highest BCUT2D eigenvalue weighted by Gasteiger charge is 2.12. The first-order valence-electron chi connectivity index (χ1n) is 8.55. The van der Waals surface area contributed by atoms with Crippen molar-refractivity contribution in [3.8, 4) is 11.1 Å². The summed E-state index contributed by atoms with van der Waals surface area (Å²) in [6.07, 6.45) is 2.09. The van der Waals surface area contributed by atoms with Crippen molar-refractivity contribution < 1.29 is 0 Å². The number of fused-ring (bicyclic) bond motifs is 1. The summed E-state index contributed by atoms with van der Waals surface area (Å²) in [5.41, 5.74) is 3.30. The lowest BCUT2D eigenvalue weighted by Crippen LogP contribution is -2.08. The van der Waals surface area contributed by atoms with E-state index in [1.807, 2.05) is 41.8 Å². The van der Waals surface area contributed by atoms with Crippen molar-refractivity contribution in [2.75, 3.05) is 5.75 Å². The summed E-state index contributed by atoms with van der Waals surface area (Å²) in [6.45, 7) is 0. The third kappa shape index (κ3) is 3.74. The molecule has 4 aromatic rings. The monoisotopic (exact) mass is 378 g/mol. The molecule has 0 aliphatic rings. The summed E-state index contributed by atoms with van der Waals surface area (Å²) in [4.78, 5) is 21.0. The Bertz CT molecular complexity index is 1060. The number of thioether (sulfide) groups is 1. The lowest BCUT2D eigenvalue weighted by atomic mass is 10.1. The number of hydrogen-bond acceptors (Lipinski definition) is 4. The van der Waals surface area contributed by atoms with Gasteiger partial charge in [0.2, 0.25) is 0 Å². The molecule has 0 radical (unpaired) electrons. The van der Waals surface area contributed by atoms with Crippen LogP contribution >= 0.6 is 23.1 Å². The minimum absolute atomic E-state index is 0.0549. The van der Waals surface area contributed by atoms with Crippen LogP contribution < -0.4 is 5.56 Å². The molecule has 0 unspecified atom stereocenters. The number of aromatic nitrogens is 2. The van der Waals surface area contributed by atoms with Gasteiger partial charge in [0, 0.05) is 16.7 Å². The van der Waals surface area contributed by atoms with Gasteiger partial charge in [-0.1, -0.05) is 72.4 Å². The molecule has 2 aromatic heterocycles. The Morgan fingerprint density at radius 3 is 2.50 bits per heavy atom. The van der Waals surface area contributed by atoms with Crippen LogP contribution in [0.3, 0.4) is 0 Å². The molecular formula is C21H18N2OS2. The molecule has 26 heavy (non-hydrogen) atoms. The average Bonchev–Trinajstić information content (AvgIpc) is 3.11. The van der Waals surface area contributed by atoms with E-state index in [0.29, 0.717) is 10.5 Å². The van der Waals surface area contributed by atoms with Crippen LogP contribution in [0.1, 0.15) is 12.0 Å². The molecule has 0 bridgehead atoms. The molecule has 0 aliphatic heterocycles. The van der Waals surface area contributed by atoms with Gasteiger partial charge in [0.15, 0.2) is 5.16 Å². The Labute approximate surface area is 160 Å². The number of H-pyrrole nitrogens is 1. The second-order valence-corrected chi connectivity index (χ2v) is 7.95. The van der Waals surface area contributed by atoms with Crippen LogP contribution in [0, 0.1) is 0 Å². The highest BCUT2D eigenvalue weighted by atomic mass is 32.2. The fourth-order valence-electron chi connectivity index (χ4n) is 2.92. The highest BCUT2D eigenvalue weighted by Crippen LogP contribution is 2.31. The lowest BCUT2D eigenvalue weighted by Gasteiger charge is -2.03. The maximum Gasteiger partial charge on any atom is 0.260 e. The van der Waals surface area contributed by atoms with E-state index >= 15 is 0 Å². The topological polar surface area (TPSA) is 45.8 Å². The zero-order valence-electron chi connectivity index (χ0n) is 14.1. The van der Waals surface area contributed by atoms with Gasteiger partial charge in [0.1, 0.15) is 4.83 Å². The number of thiophene rings is 1. The van der Waals surface area contributed by atoms with Crippen molar-refractivity contribution in [1.82, 2.24) is 9.97 Å². The second-order valence-electron chi connectivity index (χ2n) is 6.00. The Hall–Kier alpha value is -2.37. The Morgan fingerprint density at radius 2 is 1.73 bits per heavy atom. The minimum atomic E-state index is -0.0549. The minimum Gasteiger partial charge on any atom is -0.301 e. The van der Waals surface area contributed by atoms with Crippen LogP contribution in [0.2, 0.25) is 0 Å². The van der Waals surface area contributed by atoms with E-state index in [0.717, 1.165) is 34.6 Å². The number of benzene rings is 2. The molecule has 1 N–H and O–H groups in total. The molecule has 0 spiro atoms. The van der Waals surface area contributed by atoms with Crippen LogP contribution in [0.15, 0.2) is 76.0 Å². The van der Waals surface area contributed by atoms with Gasteiger partial charge in [-0.25, -0.2) is 4.98 Å². The summed E-state index contributed by atoms with van der Waals surface area (Å²) in [7, 11) is 0. The predicted molar refractivity (Wildman–Crippen MR) is 111 cm³/mol. The number of nitrogens with zero attached hydrogens (tertiary/aromatic N) is 1. The van der Waals surface area contributed by atoms with Gasteiger partial charge >= 0.3 is 0 Å². The van der Waals surface area contributed by atoms with Gasteiger partial charge in [-0.15, -0.1) is 11.3 Å². The van der Waals surface area contributed by atoms with E-state index in [-0.39, 0.29) is 5.56 Å². The number of rotatable bonds is 6. The van der Waals surface area contributed by atoms with Crippen LogP contribution in [-0.2, 0) is 6.42 Å². The quantitative estimate of drug-likeness (QED) is 0.278. The molecule has 0 atom stereocenters. The van der Waals surface area contributed by atoms with Crippen LogP contribution in [0.5, 0.6) is 0 Å². The summed E-state index contributed by atoms with van der Waals surface area (Å²) >= 11 is 3.14. The zero-order valence-corrected chi connectivity index (χ0v) is 15.8. The van der Waals surface area contributed by atoms with Crippen molar-refractivity contribution in [3.63, 3.8) is 0 Å². The third-order valence-electron chi connectivity index (χ3n) is 4.20. The van der Waals surface area contributed by atoms with Gasteiger partial charge in [0.25, 0.3) is 5.56 Å². The molecule has 2 aromatic carbocycles. The lowest BCUT2D eigenvalue weighted by molar-refractivity contribution is 0.920. The zero-order chi connectivity index (χ0) is 17.8. The summed E-state index contributed by atoms with van der Waals surface area (Å²) < 4.78 is 0. The van der Waals surface area contributed by atoms with Crippen molar-refractivity contribution in [2.45, 2.75) is 18.0 Å². The molecule has 4 rings (SSSR count). The molecule has 5 heteroatoms. The van der Waals surface area contributed by atoms with Gasteiger partial charge in [-0.2, -0.15) is 0 Å². The summed E-state index contributed by atoms with van der Waals surface area (Å²) in [5, 5.41) is 3.42.